The molecule has 4 heteroatoms. The van der Waals surface area contributed by atoms with E-state index in [0.29, 0.717) is 18.9 Å². The molecule has 1 aromatic carbocycles. The Morgan fingerprint density at radius 2 is 2.14 bits per heavy atom. The molecular formula is C18H26N2O2. The van der Waals surface area contributed by atoms with E-state index in [4.69, 9.17) is 9.15 Å². The molecule has 22 heavy (non-hydrogen) atoms. The lowest BCUT2D eigenvalue weighted by Crippen LogP contribution is -2.14. The van der Waals surface area contributed by atoms with Crippen molar-refractivity contribution in [1.82, 2.24) is 10.3 Å². The summed E-state index contributed by atoms with van der Waals surface area (Å²) < 4.78 is 11.2. The van der Waals surface area contributed by atoms with Crippen LogP contribution in [0.15, 0.2) is 35.1 Å². The first kappa shape index (κ1) is 16.6. The third kappa shape index (κ3) is 5.19. The Morgan fingerprint density at radius 3 is 2.86 bits per heavy atom. The van der Waals surface area contributed by atoms with Crippen molar-refractivity contribution < 1.29 is 9.15 Å². The topological polar surface area (TPSA) is 47.3 Å². The summed E-state index contributed by atoms with van der Waals surface area (Å²) in [4.78, 5) is 4.11. The number of nitrogens with one attached hydrogen (secondary N) is 1. The molecule has 0 aliphatic carbocycles. The van der Waals surface area contributed by atoms with Crippen LogP contribution < -0.4 is 10.1 Å². The van der Waals surface area contributed by atoms with E-state index in [1.807, 2.05) is 0 Å². The van der Waals surface area contributed by atoms with E-state index < -0.39 is 0 Å². The second-order valence-electron chi connectivity index (χ2n) is 5.35. The second-order valence-corrected chi connectivity index (χ2v) is 5.35. The van der Waals surface area contributed by atoms with Gasteiger partial charge in [-0.25, -0.2) is 4.98 Å². The molecule has 1 aromatic heterocycles. The van der Waals surface area contributed by atoms with Crippen LogP contribution in [0.5, 0.6) is 5.75 Å². The fraction of sp³-hybridized carbons (Fsp3) is 0.500. The van der Waals surface area contributed by atoms with Gasteiger partial charge in [0.2, 0.25) is 0 Å². The van der Waals surface area contributed by atoms with Crippen LogP contribution in [-0.2, 0) is 19.4 Å². The Hall–Kier alpha value is -1.81. The lowest BCUT2D eigenvalue weighted by atomic mass is 10.0. The van der Waals surface area contributed by atoms with Crippen LogP contribution in [0.3, 0.4) is 0 Å². The first-order valence-corrected chi connectivity index (χ1v) is 8.17. The summed E-state index contributed by atoms with van der Waals surface area (Å²) in [5, 5.41) is 3.38. The minimum atomic E-state index is 0.577. The Bertz CT molecular complexity index is 538. The van der Waals surface area contributed by atoms with Crippen molar-refractivity contribution in [3.8, 4) is 5.75 Å². The van der Waals surface area contributed by atoms with Crippen molar-refractivity contribution in [3.63, 3.8) is 0 Å². The third-order valence-corrected chi connectivity index (χ3v) is 3.57. The Kier molecular flexibility index (Phi) is 6.97. The summed E-state index contributed by atoms with van der Waals surface area (Å²) in [6.45, 7) is 6.71. The van der Waals surface area contributed by atoms with Gasteiger partial charge in [-0.15, -0.1) is 0 Å². The number of hydrogen-bond donors (Lipinski definition) is 1. The van der Waals surface area contributed by atoms with Crippen LogP contribution >= 0.6 is 0 Å². The van der Waals surface area contributed by atoms with Crippen LogP contribution in [0.25, 0.3) is 0 Å². The molecule has 1 N–H and O–H groups in total. The molecule has 0 saturated carbocycles. The van der Waals surface area contributed by atoms with Crippen LogP contribution in [0.1, 0.15) is 43.7 Å². The molecule has 2 aromatic rings. The van der Waals surface area contributed by atoms with Gasteiger partial charge in [0.15, 0.2) is 5.89 Å². The van der Waals surface area contributed by atoms with Crippen molar-refractivity contribution in [2.24, 2.45) is 0 Å². The van der Waals surface area contributed by atoms with Gasteiger partial charge in [-0.1, -0.05) is 32.4 Å². The SMILES string of the molecule is CCCCc1ccc(OCCc2ncco2)c(CNCC)c1. The van der Waals surface area contributed by atoms with Gasteiger partial charge in [0, 0.05) is 12.1 Å². The van der Waals surface area contributed by atoms with E-state index in [9.17, 15) is 0 Å². The minimum absolute atomic E-state index is 0.577. The van der Waals surface area contributed by atoms with Gasteiger partial charge >= 0.3 is 0 Å². The molecule has 0 saturated heterocycles. The maximum absolute atomic E-state index is 5.93. The summed E-state index contributed by atoms with van der Waals surface area (Å²) >= 11 is 0. The minimum Gasteiger partial charge on any atom is -0.493 e. The van der Waals surface area contributed by atoms with E-state index >= 15 is 0 Å². The molecule has 120 valence electrons. The van der Waals surface area contributed by atoms with E-state index in [0.717, 1.165) is 25.3 Å². The highest BCUT2D eigenvalue weighted by Gasteiger charge is 2.06. The highest BCUT2D eigenvalue weighted by Crippen LogP contribution is 2.21. The molecule has 0 spiro atoms. The predicted octanol–water partition coefficient (Wildman–Crippen LogP) is 3.75. The summed E-state index contributed by atoms with van der Waals surface area (Å²) in [5.74, 6) is 1.67. The Morgan fingerprint density at radius 1 is 1.23 bits per heavy atom. The fourth-order valence-electron chi connectivity index (χ4n) is 2.33. The molecule has 2 rings (SSSR count). The molecule has 0 bridgehead atoms. The number of rotatable bonds is 10. The lowest BCUT2D eigenvalue weighted by Gasteiger charge is -2.13. The smallest absolute Gasteiger partial charge is 0.197 e. The molecule has 0 aliphatic heterocycles. The summed E-state index contributed by atoms with van der Waals surface area (Å²) in [7, 11) is 0. The number of aryl methyl sites for hydroxylation is 1. The highest BCUT2D eigenvalue weighted by atomic mass is 16.5. The van der Waals surface area contributed by atoms with Gasteiger partial charge in [0.1, 0.15) is 12.0 Å². The zero-order valence-electron chi connectivity index (χ0n) is 13.6. The highest BCUT2D eigenvalue weighted by molar-refractivity contribution is 5.37. The number of oxazole rings is 1. The van der Waals surface area contributed by atoms with Crippen molar-refractivity contribution in [1.29, 1.82) is 0 Å². The molecule has 0 unspecified atom stereocenters. The lowest BCUT2D eigenvalue weighted by molar-refractivity contribution is 0.302. The molecule has 0 amide bonds. The zero-order chi connectivity index (χ0) is 15.6. The largest absolute Gasteiger partial charge is 0.493 e. The fourth-order valence-corrected chi connectivity index (χ4v) is 2.33. The van der Waals surface area contributed by atoms with Gasteiger partial charge < -0.3 is 14.5 Å². The van der Waals surface area contributed by atoms with E-state index in [-0.39, 0.29) is 0 Å². The summed E-state index contributed by atoms with van der Waals surface area (Å²) in [6, 6.07) is 6.53. The normalized spacial score (nSPS) is 10.8. The number of benzene rings is 1. The van der Waals surface area contributed by atoms with Gasteiger partial charge in [-0.05, 0) is 31.0 Å². The number of aromatic nitrogens is 1. The van der Waals surface area contributed by atoms with Gasteiger partial charge in [-0.2, -0.15) is 0 Å². The van der Waals surface area contributed by atoms with Crippen molar-refractivity contribution in [2.75, 3.05) is 13.2 Å². The zero-order valence-corrected chi connectivity index (χ0v) is 13.6. The Balaban J connectivity index is 1.97. The first-order valence-electron chi connectivity index (χ1n) is 8.17. The quantitative estimate of drug-likeness (QED) is 0.726. The molecule has 1 heterocycles. The van der Waals surface area contributed by atoms with Gasteiger partial charge in [0.25, 0.3) is 0 Å². The van der Waals surface area contributed by atoms with Crippen LogP contribution in [-0.4, -0.2) is 18.1 Å². The summed E-state index contributed by atoms with van der Waals surface area (Å²) in [5.41, 5.74) is 2.61. The Labute approximate surface area is 132 Å². The van der Waals surface area contributed by atoms with Crippen LogP contribution in [0, 0.1) is 0 Å². The van der Waals surface area contributed by atoms with Crippen LogP contribution in [0.2, 0.25) is 0 Å². The van der Waals surface area contributed by atoms with E-state index in [2.05, 4.69) is 42.3 Å². The average molecular weight is 302 g/mol. The maximum Gasteiger partial charge on any atom is 0.197 e. The standard InChI is InChI=1S/C18H26N2O2/c1-3-5-6-15-7-8-17(16(13-15)14-19-4-2)21-11-9-18-20-10-12-22-18/h7-8,10,12-13,19H,3-6,9,11,14H2,1-2H3. The molecule has 0 fully saturated rings. The number of hydrogen-bond acceptors (Lipinski definition) is 4. The van der Waals surface area contributed by atoms with E-state index in [1.165, 1.54) is 24.0 Å². The monoisotopic (exact) mass is 302 g/mol. The average Bonchev–Trinajstić information content (AvgIpc) is 3.05. The number of ether oxygens (including phenoxy) is 1. The third-order valence-electron chi connectivity index (χ3n) is 3.57. The second kappa shape index (κ2) is 9.26. The van der Waals surface area contributed by atoms with Gasteiger partial charge in [0.05, 0.1) is 19.2 Å². The van der Waals surface area contributed by atoms with E-state index in [1.54, 1.807) is 12.5 Å². The maximum atomic E-state index is 5.93. The van der Waals surface area contributed by atoms with Crippen molar-refractivity contribution in [2.45, 2.75) is 46.1 Å². The van der Waals surface area contributed by atoms with Crippen molar-refractivity contribution in [3.05, 3.63) is 47.7 Å². The summed E-state index contributed by atoms with van der Waals surface area (Å²) in [6.07, 6.45) is 7.52. The molecule has 4 nitrogen and oxygen atoms in total. The van der Waals surface area contributed by atoms with Crippen molar-refractivity contribution >= 4 is 0 Å². The molecule has 0 atom stereocenters. The van der Waals surface area contributed by atoms with Gasteiger partial charge in [-0.3, -0.25) is 0 Å². The molecule has 0 aliphatic rings. The molecule has 0 radical (unpaired) electrons. The first-order chi connectivity index (χ1) is 10.8. The van der Waals surface area contributed by atoms with Crippen LogP contribution in [0.4, 0.5) is 0 Å². The number of nitrogens with zero attached hydrogens (tertiary/aromatic N) is 1. The number of unbranched alkanes of at least 4 members (excludes halogenated alkanes) is 1. The predicted molar refractivity (Wildman–Crippen MR) is 88.1 cm³/mol. The molecular weight excluding hydrogens is 276 g/mol.